The Bertz CT molecular complexity index is 506. The predicted octanol–water partition coefficient (Wildman–Crippen LogP) is 1.10. The van der Waals surface area contributed by atoms with Crippen molar-refractivity contribution in [2.45, 2.75) is 0 Å². The monoisotopic (exact) mass is 320 g/mol. The minimum Gasteiger partial charge on any atom is -0.457 e. The van der Waals surface area contributed by atoms with E-state index in [4.69, 9.17) is 25.4 Å². The van der Waals surface area contributed by atoms with Crippen LogP contribution >= 0.6 is 0 Å². The highest BCUT2D eigenvalue weighted by Gasteiger charge is 2.16. The van der Waals surface area contributed by atoms with Crippen LogP contribution in [0.5, 0.6) is 0 Å². The first kappa shape index (κ1) is 18.8. The molecule has 0 atom stereocenters. The molecular formula is C17H20O6. The highest BCUT2D eigenvalue weighted by atomic mass is 16.6. The molecule has 0 amide bonds. The fraction of sp³-hybridized carbons (Fsp3) is 0.412. The maximum atomic E-state index is 11.7. The van der Waals surface area contributed by atoms with Gasteiger partial charge in [0, 0.05) is 5.56 Å². The number of terminal acetylenes is 1. The van der Waals surface area contributed by atoms with Gasteiger partial charge in [-0.05, 0) is 0 Å². The van der Waals surface area contributed by atoms with Gasteiger partial charge in [-0.3, -0.25) is 4.79 Å². The zero-order valence-corrected chi connectivity index (χ0v) is 12.9. The zero-order valence-electron chi connectivity index (χ0n) is 12.9. The summed E-state index contributed by atoms with van der Waals surface area (Å²) in [5.41, 5.74) is 0.305. The molecule has 0 aliphatic carbocycles. The van der Waals surface area contributed by atoms with Crippen molar-refractivity contribution in [2.75, 3.05) is 46.2 Å². The van der Waals surface area contributed by atoms with Gasteiger partial charge in [0.05, 0.1) is 33.0 Å². The van der Waals surface area contributed by atoms with Gasteiger partial charge in [-0.25, -0.2) is 4.79 Å². The van der Waals surface area contributed by atoms with Crippen molar-refractivity contribution in [3.8, 4) is 12.3 Å². The molecule has 0 aliphatic rings. The van der Waals surface area contributed by atoms with Crippen LogP contribution in [0.2, 0.25) is 0 Å². The van der Waals surface area contributed by atoms with Gasteiger partial charge in [-0.15, -0.1) is 6.42 Å². The molecule has 6 nitrogen and oxygen atoms in total. The van der Waals surface area contributed by atoms with E-state index < -0.39 is 11.8 Å². The van der Waals surface area contributed by atoms with E-state index in [1.54, 1.807) is 30.3 Å². The average Bonchev–Trinajstić information content (AvgIpc) is 2.59. The van der Waals surface area contributed by atoms with Crippen molar-refractivity contribution in [1.29, 1.82) is 0 Å². The maximum Gasteiger partial charge on any atom is 0.379 e. The lowest BCUT2D eigenvalue weighted by molar-refractivity contribution is -0.139. The van der Waals surface area contributed by atoms with Crippen LogP contribution in [-0.4, -0.2) is 58.0 Å². The SMILES string of the molecule is C#CCOCCOCCOCCOC(=O)C(=O)c1ccccc1. The first-order valence-corrected chi connectivity index (χ1v) is 7.19. The number of ether oxygens (including phenoxy) is 4. The molecule has 124 valence electrons. The molecule has 0 spiro atoms. The molecule has 0 aliphatic heterocycles. The fourth-order valence-electron chi connectivity index (χ4n) is 1.54. The Balaban J connectivity index is 1.98. The molecule has 1 aromatic rings. The quantitative estimate of drug-likeness (QED) is 0.189. The van der Waals surface area contributed by atoms with Gasteiger partial charge in [0.15, 0.2) is 0 Å². The third-order valence-electron chi connectivity index (χ3n) is 2.61. The van der Waals surface area contributed by atoms with Gasteiger partial charge in [-0.1, -0.05) is 36.3 Å². The first-order valence-electron chi connectivity index (χ1n) is 7.19. The molecule has 0 saturated carbocycles. The molecule has 0 saturated heterocycles. The second-order valence-corrected chi connectivity index (χ2v) is 4.31. The Morgan fingerprint density at radius 2 is 1.43 bits per heavy atom. The number of Topliss-reactive ketones (excluding diaryl/α,β-unsaturated/α-hetero) is 1. The van der Waals surface area contributed by atoms with E-state index in [-0.39, 0.29) is 19.8 Å². The lowest BCUT2D eigenvalue weighted by Gasteiger charge is -2.06. The van der Waals surface area contributed by atoms with Crippen LogP contribution in [0.15, 0.2) is 30.3 Å². The largest absolute Gasteiger partial charge is 0.457 e. The van der Waals surface area contributed by atoms with Crippen LogP contribution in [0.1, 0.15) is 10.4 Å². The number of hydrogen-bond acceptors (Lipinski definition) is 6. The summed E-state index contributed by atoms with van der Waals surface area (Å²) in [5.74, 6) is 0.799. The highest BCUT2D eigenvalue weighted by molar-refractivity contribution is 6.40. The van der Waals surface area contributed by atoms with E-state index in [1.807, 2.05) is 0 Å². The lowest BCUT2D eigenvalue weighted by Crippen LogP contribution is -2.20. The third-order valence-corrected chi connectivity index (χ3v) is 2.61. The lowest BCUT2D eigenvalue weighted by atomic mass is 10.1. The maximum absolute atomic E-state index is 11.7. The van der Waals surface area contributed by atoms with Gasteiger partial charge < -0.3 is 18.9 Å². The summed E-state index contributed by atoms with van der Waals surface area (Å²) in [4.78, 5) is 23.2. The van der Waals surface area contributed by atoms with Crippen LogP contribution < -0.4 is 0 Å². The summed E-state index contributed by atoms with van der Waals surface area (Å²) in [5, 5.41) is 0. The van der Waals surface area contributed by atoms with Gasteiger partial charge >= 0.3 is 5.97 Å². The van der Waals surface area contributed by atoms with Crippen molar-refractivity contribution < 1.29 is 28.5 Å². The van der Waals surface area contributed by atoms with Crippen molar-refractivity contribution in [3.63, 3.8) is 0 Å². The number of carbonyl (C=O) groups excluding carboxylic acids is 2. The van der Waals surface area contributed by atoms with Crippen molar-refractivity contribution in [1.82, 2.24) is 0 Å². The van der Waals surface area contributed by atoms with E-state index >= 15 is 0 Å². The van der Waals surface area contributed by atoms with Crippen molar-refractivity contribution in [2.24, 2.45) is 0 Å². The molecule has 23 heavy (non-hydrogen) atoms. The Kier molecular flexibility index (Phi) is 10.1. The molecule has 6 heteroatoms. The number of esters is 1. The van der Waals surface area contributed by atoms with Crippen LogP contribution in [-0.2, 0) is 23.7 Å². The molecule has 0 bridgehead atoms. The fourth-order valence-corrected chi connectivity index (χ4v) is 1.54. The first-order chi connectivity index (χ1) is 11.3. The molecule has 0 heterocycles. The van der Waals surface area contributed by atoms with Crippen LogP contribution in [0.4, 0.5) is 0 Å². The minimum absolute atomic E-state index is 0.0166. The van der Waals surface area contributed by atoms with Crippen LogP contribution in [0, 0.1) is 12.3 Å². The standard InChI is InChI=1S/C17H20O6/c1-2-8-20-9-10-21-11-12-22-13-14-23-17(19)16(18)15-6-4-3-5-7-15/h1,3-7H,8-14H2. The number of carbonyl (C=O) groups is 2. The Labute approximate surface area is 135 Å². The summed E-state index contributed by atoms with van der Waals surface area (Å²) in [6.45, 7) is 2.12. The summed E-state index contributed by atoms with van der Waals surface area (Å²) in [6.07, 6.45) is 5.02. The van der Waals surface area contributed by atoms with Gasteiger partial charge in [0.2, 0.25) is 0 Å². The molecule has 0 fully saturated rings. The molecular weight excluding hydrogens is 300 g/mol. The van der Waals surface area contributed by atoms with Gasteiger partial charge in [-0.2, -0.15) is 0 Å². The number of rotatable bonds is 12. The van der Waals surface area contributed by atoms with E-state index in [9.17, 15) is 9.59 Å². The molecule has 1 rings (SSSR count). The average molecular weight is 320 g/mol. The molecule has 0 aromatic heterocycles. The van der Waals surface area contributed by atoms with E-state index in [0.717, 1.165) is 0 Å². The highest BCUT2D eigenvalue weighted by Crippen LogP contribution is 2.01. The van der Waals surface area contributed by atoms with Crippen LogP contribution in [0.3, 0.4) is 0 Å². The topological polar surface area (TPSA) is 71.1 Å². The van der Waals surface area contributed by atoms with Crippen molar-refractivity contribution in [3.05, 3.63) is 35.9 Å². The number of ketones is 1. The van der Waals surface area contributed by atoms with E-state index in [0.29, 0.717) is 32.0 Å². The number of hydrogen-bond donors (Lipinski definition) is 0. The normalized spacial score (nSPS) is 10.0. The summed E-state index contributed by atoms with van der Waals surface area (Å²) in [6, 6.07) is 8.25. The number of benzene rings is 1. The van der Waals surface area contributed by atoms with Gasteiger partial charge in [0.25, 0.3) is 5.78 Å². The zero-order chi connectivity index (χ0) is 16.8. The molecule has 1 aromatic carbocycles. The van der Waals surface area contributed by atoms with Gasteiger partial charge in [0.1, 0.15) is 13.2 Å². The predicted molar refractivity (Wildman–Crippen MR) is 83.0 cm³/mol. The molecule has 0 N–H and O–H groups in total. The third kappa shape index (κ3) is 8.73. The summed E-state index contributed by atoms with van der Waals surface area (Å²) >= 11 is 0. The summed E-state index contributed by atoms with van der Waals surface area (Å²) < 4.78 is 20.3. The second kappa shape index (κ2) is 12.4. The van der Waals surface area contributed by atoms with Crippen LogP contribution in [0.25, 0.3) is 0 Å². The molecule has 0 unspecified atom stereocenters. The van der Waals surface area contributed by atoms with Crippen molar-refractivity contribution >= 4 is 11.8 Å². The second-order valence-electron chi connectivity index (χ2n) is 4.31. The molecule has 0 radical (unpaired) electrons. The Morgan fingerprint density at radius 3 is 2.04 bits per heavy atom. The Hall–Kier alpha value is -2.20. The summed E-state index contributed by atoms with van der Waals surface area (Å²) in [7, 11) is 0. The van der Waals surface area contributed by atoms with E-state index in [1.165, 1.54) is 0 Å². The van der Waals surface area contributed by atoms with E-state index in [2.05, 4.69) is 5.92 Å². The smallest absolute Gasteiger partial charge is 0.379 e. The Morgan fingerprint density at radius 1 is 0.870 bits per heavy atom. The minimum atomic E-state index is -0.887.